The van der Waals surface area contributed by atoms with Crippen LogP contribution in [0.4, 0.5) is 0 Å². The maximum absolute atomic E-state index is 12.2. The topological polar surface area (TPSA) is 58.4 Å². The first-order valence-corrected chi connectivity index (χ1v) is 9.63. The summed E-state index contributed by atoms with van der Waals surface area (Å²) in [5.74, 6) is 0.0948. The number of fused-ring (bicyclic) bond motifs is 1. The summed E-state index contributed by atoms with van der Waals surface area (Å²) in [5, 5.41) is 14.4. The molecule has 2 heterocycles. The summed E-state index contributed by atoms with van der Waals surface area (Å²) >= 11 is 0. The highest BCUT2D eigenvalue weighted by Crippen LogP contribution is 2.51. The number of benzene rings is 1. The number of aliphatic carboxylic acids is 1. The highest BCUT2D eigenvalue weighted by atomic mass is 16.4. The summed E-state index contributed by atoms with van der Waals surface area (Å²) in [4.78, 5) is 14.5. The summed E-state index contributed by atoms with van der Waals surface area (Å²) in [7, 11) is 0. The van der Waals surface area contributed by atoms with E-state index < -0.39 is 11.4 Å². The fourth-order valence-electron chi connectivity index (χ4n) is 4.97. The van der Waals surface area contributed by atoms with E-state index in [4.69, 9.17) is 0 Å². The molecule has 2 aliphatic rings. The number of hydrogen-bond donors (Lipinski definition) is 1. The average molecular weight is 353 g/mol. The second kappa shape index (κ2) is 6.88. The number of aromatic nitrogens is 2. The van der Waals surface area contributed by atoms with Gasteiger partial charge in [0.15, 0.2) is 0 Å². The van der Waals surface area contributed by atoms with Gasteiger partial charge in [-0.25, -0.2) is 0 Å². The molecular formula is C21H27N3O2. The Morgan fingerprint density at radius 1 is 1.35 bits per heavy atom. The van der Waals surface area contributed by atoms with Gasteiger partial charge in [-0.3, -0.25) is 14.4 Å². The summed E-state index contributed by atoms with van der Waals surface area (Å²) in [6.45, 7) is 5.26. The van der Waals surface area contributed by atoms with Gasteiger partial charge in [-0.1, -0.05) is 30.3 Å². The van der Waals surface area contributed by atoms with Crippen LogP contribution in [0, 0.1) is 11.3 Å². The lowest BCUT2D eigenvalue weighted by Crippen LogP contribution is -2.42. The Hall–Kier alpha value is -2.14. The summed E-state index contributed by atoms with van der Waals surface area (Å²) in [6.07, 6.45) is 6.70. The van der Waals surface area contributed by atoms with Gasteiger partial charge in [-0.05, 0) is 43.6 Å². The van der Waals surface area contributed by atoms with Crippen molar-refractivity contribution in [3.05, 3.63) is 53.9 Å². The van der Waals surface area contributed by atoms with Crippen LogP contribution in [-0.4, -0.2) is 38.8 Å². The molecule has 1 aliphatic carbocycles. The number of hydrogen-bond acceptors (Lipinski definition) is 3. The van der Waals surface area contributed by atoms with E-state index in [-0.39, 0.29) is 5.92 Å². The Kier molecular flexibility index (Phi) is 4.57. The Morgan fingerprint density at radius 3 is 2.85 bits per heavy atom. The second-order valence-corrected chi connectivity index (χ2v) is 7.91. The van der Waals surface area contributed by atoms with Crippen LogP contribution in [0.25, 0.3) is 0 Å². The molecule has 0 radical (unpaired) electrons. The average Bonchev–Trinajstić information content (AvgIpc) is 3.26. The minimum atomic E-state index is -0.610. The third-order valence-electron chi connectivity index (χ3n) is 6.39. The third-order valence-corrected chi connectivity index (χ3v) is 6.39. The molecule has 2 fully saturated rings. The molecule has 0 amide bonds. The monoisotopic (exact) mass is 353 g/mol. The lowest BCUT2D eigenvalue weighted by atomic mass is 9.64. The quantitative estimate of drug-likeness (QED) is 0.895. The number of rotatable bonds is 5. The zero-order valence-corrected chi connectivity index (χ0v) is 15.3. The standard InChI is InChI=1S/C21H27N3O2/c1-2-24-13-16(11-22-24)12-23-14-19-10-18(17-6-4-3-5-7-17)8-9-21(19,15-23)20(25)26/h3-7,11,13,18-19H,2,8-10,12,14-15H2,1H3,(H,25,26)/t18-,19-,21-/m0/s1. The van der Waals surface area contributed by atoms with E-state index in [0.717, 1.165) is 38.9 Å². The van der Waals surface area contributed by atoms with Gasteiger partial charge in [-0.2, -0.15) is 5.10 Å². The third kappa shape index (κ3) is 3.05. The normalized spacial score (nSPS) is 28.8. The van der Waals surface area contributed by atoms with Crippen molar-refractivity contribution in [2.75, 3.05) is 13.1 Å². The van der Waals surface area contributed by atoms with Gasteiger partial charge in [0.05, 0.1) is 11.6 Å². The van der Waals surface area contributed by atoms with E-state index in [2.05, 4.69) is 47.4 Å². The van der Waals surface area contributed by atoms with Crippen molar-refractivity contribution >= 4 is 5.97 Å². The smallest absolute Gasteiger partial charge is 0.311 e. The van der Waals surface area contributed by atoms with E-state index in [1.807, 2.05) is 16.9 Å². The Morgan fingerprint density at radius 2 is 2.15 bits per heavy atom. The van der Waals surface area contributed by atoms with E-state index in [9.17, 15) is 9.90 Å². The van der Waals surface area contributed by atoms with Gasteiger partial charge in [0, 0.05) is 37.9 Å². The second-order valence-electron chi connectivity index (χ2n) is 7.91. The molecule has 5 nitrogen and oxygen atoms in total. The molecule has 2 aromatic rings. The number of carboxylic acid groups (broad SMARTS) is 1. The van der Waals surface area contributed by atoms with Gasteiger partial charge in [0.1, 0.15) is 0 Å². The van der Waals surface area contributed by atoms with Gasteiger partial charge < -0.3 is 5.11 Å². The first kappa shape index (κ1) is 17.3. The summed E-state index contributed by atoms with van der Waals surface area (Å²) in [5.41, 5.74) is 1.95. The molecule has 1 N–H and O–H groups in total. The van der Waals surface area contributed by atoms with Crippen LogP contribution < -0.4 is 0 Å². The number of carbonyl (C=O) groups is 1. The lowest BCUT2D eigenvalue weighted by molar-refractivity contribution is -0.152. The first-order chi connectivity index (χ1) is 12.6. The van der Waals surface area contributed by atoms with E-state index in [1.165, 1.54) is 11.1 Å². The van der Waals surface area contributed by atoms with E-state index in [0.29, 0.717) is 12.5 Å². The van der Waals surface area contributed by atoms with Crippen molar-refractivity contribution in [2.24, 2.45) is 11.3 Å². The molecule has 26 heavy (non-hydrogen) atoms. The van der Waals surface area contributed by atoms with E-state index in [1.54, 1.807) is 0 Å². The minimum absolute atomic E-state index is 0.222. The number of carboxylic acids is 1. The molecule has 4 rings (SSSR count). The molecular weight excluding hydrogens is 326 g/mol. The van der Waals surface area contributed by atoms with Crippen molar-refractivity contribution < 1.29 is 9.90 Å². The Bertz CT molecular complexity index is 773. The molecule has 1 aromatic heterocycles. The van der Waals surface area contributed by atoms with Crippen LogP contribution in [-0.2, 0) is 17.9 Å². The van der Waals surface area contributed by atoms with Crippen LogP contribution in [0.1, 0.15) is 43.2 Å². The number of nitrogens with zero attached hydrogens (tertiary/aromatic N) is 3. The SMILES string of the molecule is CCn1cc(CN2C[C@@H]3C[C@@H](c4ccccc4)CC[C@]3(C(=O)O)C2)cn1. The van der Waals surface area contributed by atoms with Crippen molar-refractivity contribution in [2.45, 2.75) is 45.2 Å². The molecule has 138 valence electrons. The predicted molar refractivity (Wildman–Crippen MR) is 99.8 cm³/mol. The van der Waals surface area contributed by atoms with Crippen LogP contribution in [0.15, 0.2) is 42.7 Å². The fourth-order valence-corrected chi connectivity index (χ4v) is 4.97. The molecule has 1 saturated carbocycles. The zero-order valence-electron chi connectivity index (χ0n) is 15.3. The molecule has 0 bridgehead atoms. The van der Waals surface area contributed by atoms with Gasteiger partial charge >= 0.3 is 5.97 Å². The fraction of sp³-hybridized carbons (Fsp3) is 0.524. The van der Waals surface area contributed by atoms with Crippen LogP contribution in [0.3, 0.4) is 0 Å². The Labute approximate surface area is 154 Å². The first-order valence-electron chi connectivity index (χ1n) is 9.63. The number of aryl methyl sites for hydroxylation is 1. The molecule has 0 spiro atoms. The lowest BCUT2D eigenvalue weighted by Gasteiger charge is -2.38. The van der Waals surface area contributed by atoms with Crippen molar-refractivity contribution in [3.8, 4) is 0 Å². The molecule has 1 aliphatic heterocycles. The van der Waals surface area contributed by atoms with Crippen LogP contribution >= 0.6 is 0 Å². The molecule has 1 aromatic carbocycles. The molecule has 5 heteroatoms. The highest BCUT2D eigenvalue weighted by molar-refractivity contribution is 5.76. The van der Waals surface area contributed by atoms with E-state index >= 15 is 0 Å². The largest absolute Gasteiger partial charge is 0.481 e. The van der Waals surface area contributed by atoms with Gasteiger partial charge in [0.2, 0.25) is 0 Å². The molecule has 3 atom stereocenters. The van der Waals surface area contributed by atoms with Crippen LogP contribution in [0.2, 0.25) is 0 Å². The molecule has 1 saturated heterocycles. The maximum atomic E-state index is 12.2. The van der Waals surface area contributed by atoms with Crippen molar-refractivity contribution in [1.29, 1.82) is 0 Å². The predicted octanol–water partition coefficient (Wildman–Crippen LogP) is 3.37. The maximum Gasteiger partial charge on any atom is 0.311 e. The summed E-state index contributed by atoms with van der Waals surface area (Å²) < 4.78 is 1.93. The Balaban J connectivity index is 1.51. The summed E-state index contributed by atoms with van der Waals surface area (Å²) in [6, 6.07) is 10.6. The van der Waals surface area contributed by atoms with Crippen LogP contribution in [0.5, 0.6) is 0 Å². The van der Waals surface area contributed by atoms with Gasteiger partial charge in [0.25, 0.3) is 0 Å². The van der Waals surface area contributed by atoms with Gasteiger partial charge in [-0.15, -0.1) is 0 Å². The molecule has 0 unspecified atom stereocenters. The minimum Gasteiger partial charge on any atom is -0.481 e. The van der Waals surface area contributed by atoms with Crippen molar-refractivity contribution in [1.82, 2.24) is 14.7 Å². The highest BCUT2D eigenvalue weighted by Gasteiger charge is 2.54. The zero-order chi connectivity index (χ0) is 18.1. The number of likely N-dealkylation sites (tertiary alicyclic amines) is 1. The van der Waals surface area contributed by atoms with Crippen molar-refractivity contribution in [3.63, 3.8) is 0 Å².